The van der Waals surface area contributed by atoms with Crippen LogP contribution in [0.2, 0.25) is 0 Å². The highest BCUT2D eigenvalue weighted by atomic mass is 35.5. The minimum Gasteiger partial charge on any atom is -0.330 e. The van der Waals surface area contributed by atoms with E-state index in [1.807, 2.05) is 12.1 Å². The molecule has 3 rings (SSSR count). The topological polar surface area (TPSA) is 26.0 Å². The lowest BCUT2D eigenvalue weighted by Crippen LogP contribution is -2.01. The van der Waals surface area contributed by atoms with Gasteiger partial charge in [-0.25, -0.2) is 4.39 Å². The molecule has 0 amide bonds. The molecule has 0 radical (unpaired) electrons. The molecule has 3 heteroatoms. The molecule has 2 aromatic rings. The first-order valence-corrected chi connectivity index (χ1v) is 6.34. The Hall–Kier alpha value is -1.38. The Kier molecular flexibility index (Phi) is 4.23. The SMILES string of the molecule is Cl.NC[C@@H]1C[C@H]1c1cccc(-c2ccc(F)cc2)c1. The average Bonchev–Trinajstić information content (AvgIpc) is 3.19. The van der Waals surface area contributed by atoms with Gasteiger partial charge >= 0.3 is 0 Å². The highest BCUT2D eigenvalue weighted by molar-refractivity contribution is 5.85. The second-order valence-corrected chi connectivity index (χ2v) is 4.97. The van der Waals surface area contributed by atoms with E-state index in [-0.39, 0.29) is 18.2 Å². The molecule has 1 fully saturated rings. The molecule has 0 unspecified atom stereocenters. The Morgan fingerprint density at radius 2 is 1.79 bits per heavy atom. The Morgan fingerprint density at radius 1 is 1.05 bits per heavy atom. The van der Waals surface area contributed by atoms with Crippen LogP contribution in [-0.2, 0) is 0 Å². The van der Waals surface area contributed by atoms with Gasteiger partial charge in [-0.15, -0.1) is 12.4 Å². The van der Waals surface area contributed by atoms with Gasteiger partial charge in [0, 0.05) is 0 Å². The number of hydrogen-bond donors (Lipinski definition) is 1. The van der Waals surface area contributed by atoms with E-state index in [1.165, 1.54) is 24.1 Å². The minimum absolute atomic E-state index is 0. The zero-order valence-corrected chi connectivity index (χ0v) is 11.4. The molecule has 1 aliphatic rings. The van der Waals surface area contributed by atoms with Gasteiger partial charge in [0.15, 0.2) is 0 Å². The fraction of sp³-hybridized carbons (Fsp3) is 0.250. The van der Waals surface area contributed by atoms with Crippen molar-refractivity contribution < 1.29 is 4.39 Å². The Balaban J connectivity index is 0.00000133. The Morgan fingerprint density at radius 3 is 2.42 bits per heavy atom. The van der Waals surface area contributed by atoms with Crippen LogP contribution in [0.3, 0.4) is 0 Å². The smallest absolute Gasteiger partial charge is 0.123 e. The lowest BCUT2D eigenvalue weighted by atomic mass is 10.0. The first-order chi connectivity index (χ1) is 8.78. The quantitative estimate of drug-likeness (QED) is 0.902. The molecule has 0 spiro atoms. The second-order valence-electron chi connectivity index (χ2n) is 4.97. The molecule has 2 N–H and O–H groups in total. The summed E-state index contributed by atoms with van der Waals surface area (Å²) in [5.41, 5.74) is 9.25. The van der Waals surface area contributed by atoms with E-state index in [2.05, 4.69) is 24.3 Å². The fourth-order valence-corrected chi connectivity index (χ4v) is 2.51. The summed E-state index contributed by atoms with van der Waals surface area (Å²) in [5.74, 6) is 1.07. The van der Waals surface area contributed by atoms with Crippen LogP contribution in [0.1, 0.15) is 17.9 Å². The molecule has 19 heavy (non-hydrogen) atoms. The Bertz CT molecular complexity index is 553. The summed E-state index contributed by atoms with van der Waals surface area (Å²) in [5, 5.41) is 0. The molecular formula is C16H17ClFN. The van der Waals surface area contributed by atoms with Crippen LogP contribution in [0.15, 0.2) is 48.5 Å². The maximum Gasteiger partial charge on any atom is 0.123 e. The van der Waals surface area contributed by atoms with Crippen molar-refractivity contribution in [3.8, 4) is 11.1 Å². The third kappa shape index (κ3) is 2.96. The molecule has 2 aromatic carbocycles. The third-order valence-corrected chi connectivity index (χ3v) is 3.72. The number of nitrogens with two attached hydrogens (primary N) is 1. The van der Waals surface area contributed by atoms with Crippen molar-refractivity contribution in [3.63, 3.8) is 0 Å². The van der Waals surface area contributed by atoms with E-state index >= 15 is 0 Å². The summed E-state index contributed by atoms with van der Waals surface area (Å²) in [6.07, 6.45) is 1.20. The number of benzene rings is 2. The van der Waals surface area contributed by atoms with Crippen molar-refractivity contribution in [1.82, 2.24) is 0 Å². The maximum absolute atomic E-state index is 12.9. The third-order valence-electron chi connectivity index (χ3n) is 3.72. The minimum atomic E-state index is -0.194. The van der Waals surface area contributed by atoms with E-state index in [4.69, 9.17) is 5.73 Å². The normalized spacial score (nSPS) is 20.7. The summed E-state index contributed by atoms with van der Waals surface area (Å²) in [6, 6.07) is 15.1. The summed E-state index contributed by atoms with van der Waals surface area (Å²) in [6.45, 7) is 0.769. The van der Waals surface area contributed by atoms with Crippen LogP contribution in [0.5, 0.6) is 0 Å². The molecule has 0 heterocycles. The van der Waals surface area contributed by atoms with Crippen molar-refractivity contribution in [1.29, 1.82) is 0 Å². The molecule has 0 aliphatic heterocycles. The highest BCUT2D eigenvalue weighted by Gasteiger charge is 2.36. The van der Waals surface area contributed by atoms with Gasteiger partial charge in [0.25, 0.3) is 0 Å². The Labute approximate surface area is 119 Å². The van der Waals surface area contributed by atoms with Gasteiger partial charge in [0.2, 0.25) is 0 Å². The van der Waals surface area contributed by atoms with E-state index in [0.29, 0.717) is 11.8 Å². The van der Waals surface area contributed by atoms with E-state index in [1.54, 1.807) is 0 Å². The van der Waals surface area contributed by atoms with Gasteiger partial charge in [-0.1, -0.05) is 36.4 Å². The van der Waals surface area contributed by atoms with Gasteiger partial charge in [0.05, 0.1) is 0 Å². The van der Waals surface area contributed by atoms with E-state index in [9.17, 15) is 4.39 Å². The molecule has 1 saturated carbocycles. The highest BCUT2D eigenvalue weighted by Crippen LogP contribution is 2.47. The van der Waals surface area contributed by atoms with Gasteiger partial charge in [0.1, 0.15) is 5.82 Å². The number of rotatable bonds is 3. The van der Waals surface area contributed by atoms with Gasteiger partial charge in [-0.3, -0.25) is 0 Å². The standard InChI is InChI=1S/C16H16FN.ClH/c17-15-6-4-11(5-7-15)12-2-1-3-13(8-12)16-9-14(16)10-18;/h1-8,14,16H,9-10,18H2;1H/t14-,16-;/m0./s1. The first kappa shape index (κ1) is 14.0. The van der Waals surface area contributed by atoms with Gasteiger partial charge < -0.3 is 5.73 Å². The monoisotopic (exact) mass is 277 g/mol. The zero-order valence-electron chi connectivity index (χ0n) is 10.6. The summed E-state index contributed by atoms with van der Waals surface area (Å²) in [4.78, 5) is 0. The van der Waals surface area contributed by atoms with Crippen molar-refractivity contribution in [2.45, 2.75) is 12.3 Å². The van der Waals surface area contributed by atoms with Crippen LogP contribution < -0.4 is 5.73 Å². The molecule has 2 atom stereocenters. The molecule has 0 saturated heterocycles. The molecule has 100 valence electrons. The van der Waals surface area contributed by atoms with E-state index in [0.717, 1.165) is 17.7 Å². The zero-order chi connectivity index (χ0) is 12.5. The molecule has 1 nitrogen and oxygen atoms in total. The van der Waals surface area contributed by atoms with Crippen LogP contribution in [0.25, 0.3) is 11.1 Å². The molecule has 1 aliphatic carbocycles. The van der Waals surface area contributed by atoms with Crippen molar-refractivity contribution >= 4 is 12.4 Å². The van der Waals surface area contributed by atoms with Crippen LogP contribution in [0.4, 0.5) is 4.39 Å². The van der Waals surface area contributed by atoms with Crippen molar-refractivity contribution in [3.05, 3.63) is 59.9 Å². The molecule has 0 aromatic heterocycles. The number of halogens is 2. The van der Waals surface area contributed by atoms with Gasteiger partial charge in [-0.05, 0) is 53.6 Å². The summed E-state index contributed by atoms with van der Waals surface area (Å²) >= 11 is 0. The van der Waals surface area contributed by atoms with Crippen LogP contribution >= 0.6 is 12.4 Å². The molecular weight excluding hydrogens is 261 g/mol. The number of hydrogen-bond acceptors (Lipinski definition) is 1. The fourth-order valence-electron chi connectivity index (χ4n) is 2.51. The lowest BCUT2D eigenvalue weighted by Gasteiger charge is -2.05. The summed E-state index contributed by atoms with van der Waals surface area (Å²) < 4.78 is 12.9. The van der Waals surface area contributed by atoms with Gasteiger partial charge in [-0.2, -0.15) is 0 Å². The average molecular weight is 278 g/mol. The van der Waals surface area contributed by atoms with Crippen molar-refractivity contribution in [2.24, 2.45) is 11.7 Å². The predicted molar refractivity (Wildman–Crippen MR) is 79.0 cm³/mol. The predicted octanol–water partition coefficient (Wildman–Crippen LogP) is 3.98. The first-order valence-electron chi connectivity index (χ1n) is 6.34. The second kappa shape index (κ2) is 5.72. The van der Waals surface area contributed by atoms with Crippen molar-refractivity contribution in [2.75, 3.05) is 6.54 Å². The van der Waals surface area contributed by atoms with Crippen LogP contribution in [0, 0.1) is 11.7 Å². The van der Waals surface area contributed by atoms with Crippen LogP contribution in [-0.4, -0.2) is 6.54 Å². The molecule has 0 bridgehead atoms. The largest absolute Gasteiger partial charge is 0.330 e. The summed E-state index contributed by atoms with van der Waals surface area (Å²) in [7, 11) is 0. The maximum atomic E-state index is 12.9. The lowest BCUT2D eigenvalue weighted by molar-refractivity contribution is 0.628. The van der Waals surface area contributed by atoms with E-state index < -0.39 is 0 Å².